The van der Waals surface area contributed by atoms with Crippen LogP contribution < -0.4 is 20.4 Å². The summed E-state index contributed by atoms with van der Waals surface area (Å²) < 4.78 is 91.1. The zero-order valence-corrected chi connectivity index (χ0v) is 11.8. The summed E-state index contributed by atoms with van der Waals surface area (Å²) in [6.45, 7) is 0. The SMILES string of the molecule is COc1cc(F)c(F)c([B]c2c(F)cc(F)c(OC)c2F)c1F. The predicted octanol–water partition coefficient (Wildman–Crippen LogP) is 2.19. The molecule has 0 fully saturated rings. The van der Waals surface area contributed by atoms with Crippen molar-refractivity contribution in [2.75, 3.05) is 14.2 Å². The minimum Gasteiger partial charge on any atom is -0.494 e. The summed E-state index contributed by atoms with van der Waals surface area (Å²) in [5, 5.41) is 0. The van der Waals surface area contributed by atoms with E-state index in [1.807, 2.05) is 0 Å². The van der Waals surface area contributed by atoms with Gasteiger partial charge >= 0.3 is 0 Å². The number of hydrogen-bond acceptors (Lipinski definition) is 2. The van der Waals surface area contributed by atoms with Gasteiger partial charge in [0.25, 0.3) is 0 Å². The lowest BCUT2D eigenvalue weighted by atomic mass is 9.62. The molecular formula is C14H8BF6O2. The second kappa shape index (κ2) is 6.43. The van der Waals surface area contributed by atoms with Gasteiger partial charge in [-0.15, -0.1) is 0 Å². The molecule has 23 heavy (non-hydrogen) atoms. The third kappa shape index (κ3) is 2.95. The molecule has 0 unspecified atom stereocenters. The molecule has 0 saturated carbocycles. The number of benzene rings is 2. The van der Waals surface area contributed by atoms with Crippen LogP contribution in [-0.2, 0) is 0 Å². The van der Waals surface area contributed by atoms with E-state index in [4.69, 9.17) is 0 Å². The molecule has 0 aromatic heterocycles. The van der Waals surface area contributed by atoms with Gasteiger partial charge in [-0.05, 0) is 10.9 Å². The van der Waals surface area contributed by atoms with Crippen LogP contribution in [0.15, 0.2) is 12.1 Å². The van der Waals surface area contributed by atoms with Crippen LogP contribution in [0.1, 0.15) is 0 Å². The Labute approximate surface area is 127 Å². The smallest absolute Gasteiger partial charge is 0.207 e. The maximum absolute atomic E-state index is 14.0. The molecule has 2 aromatic rings. The highest BCUT2D eigenvalue weighted by Crippen LogP contribution is 2.22. The van der Waals surface area contributed by atoms with E-state index in [1.54, 1.807) is 0 Å². The quantitative estimate of drug-likeness (QED) is 0.485. The van der Waals surface area contributed by atoms with Gasteiger partial charge < -0.3 is 9.47 Å². The van der Waals surface area contributed by atoms with Crippen molar-refractivity contribution in [2.45, 2.75) is 0 Å². The second-order valence-corrected chi connectivity index (χ2v) is 4.35. The molecule has 0 aliphatic carbocycles. The van der Waals surface area contributed by atoms with E-state index in [0.717, 1.165) is 14.2 Å². The van der Waals surface area contributed by atoms with Crippen LogP contribution in [-0.4, -0.2) is 21.5 Å². The monoisotopic (exact) mass is 333 g/mol. The average molecular weight is 333 g/mol. The standard InChI is InChI=1S/C14H8BF6O2/c1-22-8-4-6(17)11(19)10(12(8)20)15-9-5(16)3-7(18)14(23-2)13(9)21/h3-4H,1-2H3. The number of rotatable bonds is 4. The minimum atomic E-state index is -1.68. The van der Waals surface area contributed by atoms with Gasteiger partial charge in [0.2, 0.25) is 7.28 Å². The summed E-state index contributed by atoms with van der Waals surface area (Å²) in [5.41, 5.74) is -2.07. The summed E-state index contributed by atoms with van der Waals surface area (Å²) in [6, 6.07) is 0.722. The Morgan fingerprint density at radius 3 is 1.91 bits per heavy atom. The molecule has 0 amide bonds. The van der Waals surface area contributed by atoms with Gasteiger partial charge in [0.05, 0.1) is 14.2 Å². The molecule has 0 aliphatic heterocycles. The van der Waals surface area contributed by atoms with Crippen LogP contribution in [0.5, 0.6) is 11.5 Å². The van der Waals surface area contributed by atoms with Crippen molar-refractivity contribution in [1.82, 2.24) is 0 Å². The van der Waals surface area contributed by atoms with Crippen LogP contribution >= 0.6 is 0 Å². The van der Waals surface area contributed by atoms with Crippen molar-refractivity contribution >= 4 is 18.2 Å². The lowest BCUT2D eigenvalue weighted by molar-refractivity contribution is 0.358. The van der Waals surface area contributed by atoms with Gasteiger partial charge in [0.1, 0.15) is 5.82 Å². The molecule has 0 heterocycles. The Hall–Kier alpha value is -2.32. The summed E-state index contributed by atoms with van der Waals surface area (Å²) >= 11 is 0. The first-order chi connectivity index (χ1) is 10.8. The van der Waals surface area contributed by atoms with E-state index < -0.39 is 57.3 Å². The molecule has 0 aliphatic rings. The molecule has 9 heteroatoms. The van der Waals surface area contributed by atoms with E-state index in [9.17, 15) is 26.3 Å². The van der Waals surface area contributed by atoms with E-state index in [0.29, 0.717) is 13.3 Å². The largest absolute Gasteiger partial charge is 0.494 e. The summed E-state index contributed by atoms with van der Waals surface area (Å²) in [7, 11) is 2.29. The summed E-state index contributed by atoms with van der Waals surface area (Å²) in [5.74, 6) is -10.4. The van der Waals surface area contributed by atoms with Gasteiger partial charge in [-0.2, -0.15) is 0 Å². The maximum Gasteiger partial charge on any atom is 0.207 e. The van der Waals surface area contributed by atoms with Crippen LogP contribution in [0.25, 0.3) is 0 Å². The third-order valence-electron chi connectivity index (χ3n) is 3.03. The molecular weight excluding hydrogens is 325 g/mol. The molecule has 121 valence electrons. The Bertz CT molecular complexity index is 766. The first kappa shape index (κ1) is 17.0. The first-order valence-electron chi connectivity index (χ1n) is 6.09. The van der Waals surface area contributed by atoms with Crippen molar-refractivity contribution in [3.05, 3.63) is 47.0 Å². The highest BCUT2D eigenvalue weighted by atomic mass is 19.2. The van der Waals surface area contributed by atoms with E-state index in [1.165, 1.54) is 0 Å². The third-order valence-corrected chi connectivity index (χ3v) is 3.03. The lowest BCUT2D eigenvalue weighted by Crippen LogP contribution is -2.37. The summed E-state index contributed by atoms with van der Waals surface area (Å²) in [6.07, 6.45) is 0. The Balaban J connectivity index is 2.63. The zero-order chi connectivity index (χ0) is 17.3. The van der Waals surface area contributed by atoms with Crippen molar-refractivity contribution in [1.29, 1.82) is 0 Å². The molecule has 2 aromatic carbocycles. The Kier molecular flexibility index (Phi) is 4.77. The molecule has 1 radical (unpaired) electrons. The van der Waals surface area contributed by atoms with Crippen molar-refractivity contribution in [2.24, 2.45) is 0 Å². The van der Waals surface area contributed by atoms with Gasteiger partial charge in [0, 0.05) is 12.1 Å². The lowest BCUT2D eigenvalue weighted by Gasteiger charge is -2.12. The molecule has 2 nitrogen and oxygen atoms in total. The minimum absolute atomic E-state index is 0.278. The van der Waals surface area contributed by atoms with Crippen molar-refractivity contribution in [3.63, 3.8) is 0 Å². The molecule has 0 saturated heterocycles. The van der Waals surface area contributed by atoms with Gasteiger partial charge in [-0.3, -0.25) is 0 Å². The van der Waals surface area contributed by atoms with Gasteiger partial charge in [-0.1, -0.05) is 0 Å². The van der Waals surface area contributed by atoms with Gasteiger partial charge in [0.15, 0.2) is 40.6 Å². The van der Waals surface area contributed by atoms with E-state index in [-0.39, 0.29) is 6.07 Å². The maximum atomic E-state index is 14.0. The zero-order valence-electron chi connectivity index (χ0n) is 11.8. The second-order valence-electron chi connectivity index (χ2n) is 4.35. The number of ether oxygens (including phenoxy) is 2. The van der Waals surface area contributed by atoms with Crippen molar-refractivity contribution in [3.8, 4) is 11.5 Å². The number of halogens is 6. The highest BCUT2D eigenvalue weighted by molar-refractivity contribution is 6.67. The van der Waals surface area contributed by atoms with E-state index in [2.05, 4.69) is 9.47 Å². The molecule has 0 spiro atoms. The molecule has 0 bridgehead atoms. The average Bonchev–Trinajstić information content (AvgIpc) is 2.50. The fourth-order valence-electron chi connectivity index (χ4n) is 1.93. The van der Waals surface area contributed by atoms with Gasteiger partial charge in [-0.25, -0.2) is 26.3 Å². The highest BCUT2D eigenvalue weighted by Gasteiger charge is 2.26. The molecule has 0 N–H and O–H groups in total. The first-order valence-corrected chi connectivity index (χ1v) is 6.09. The Morgan fingerprint density at radius 2 is 1.35 bits per heavy atom. The van der Waals surface area contributed by atoms with Crippen molar-refractivity contribution < 1.29 is 35.8 Å². The van der Waals surface area contributed by atoms with Crippen LogP contribution in [0.2, 0.25) is 0 Å². The number of methoxy groups -OCH3 is 2. The molecule has 2 rings (SSSR count). The topological polar surface area (TPSA) is 18.5 Å². The number of hydrogen-bond donors (Lipinski definition) is 0. The fourth-order valence-corrected chi connectivity index (χ4v) is 1.93. The van der Waals surface area contributed by atoms with Crippen LogP contribution in [0, 0.1) is 34.9 Å². The Morgan fingerprint density at radius 1 is 0.696 bits per heavy atom. The summed E-state index contributed by atoms with van der Waals surface area (Å²) in [4.78, 5) is 0. The van der Waals surface area contributed by atoms with Crippen LogP contribution in [0.4, 0.5) is 26.3 Å². The van der Waals surface area contributed by atoms with E-state index >= 15 is 0 Å². The normalized spacial score (nSPS) is 10.6. The van der Waals surface area contributed by atoms with Crippen LogP contribution in [0.3, 0.4) is 0 Å². The molecule has 0 atom stereocenters. The fraction of sp³-hybridized carbons (Fsp3) is 0.143. The predicted molar refractivity (Wildman–Crippen MR) is 70.8 cm³/mol.